The molecule has 0 aliphatic heterocycles. The van der Waals surface area contributed by atoms with Crippen LogP contribution in [0.1, 0.15) is 52.5 Å². The summed E-state index contributed by atoms with van der Waals surface area (Å²) in [4.78, 5) is 28.2. The first-order valence-electron chi connectivity index (χ1n) is 11.3. The summed E-state index contributed by atoms with van der Waals surface area (Å²) in [6, 6.07) is 20.5. The van der Waals surface area contributed by atoms with Gasteiger partial charge in [0.25, 0.3) is 5.91 Å². The third kappa shape index (κ3) is 4.76. The lowest BCUT2D eigenvalue weighted by Crippen LogP contribution is -2.39. The molecule has 32 heavy (non-hydrogen) atoms. The molecule has 2 aromatic carbocycles. The molecule has 0 radical (unpaired) electrons. The van der Waals surface area contributed by atoms with Crippen molar-refractivity contribution in [3.8, 4) is 0 Å². The number of amides is 2. The Morgan fingerprint density at radius 2 is 1.66 bits per heavy atom. The highest BCUT2D eigenvalue weighted by molar-refractivity contribution is 7.12. The minimum Gasteiger partial charge on any atom is -0.325 e. The van der Waals surface area contributed by atoms with E-state index < -0.39 is 0 Å². The molecule has 5 rings (SSSR count). The Kier molecular flexibility index (Phi) is 6.06. The molecule has 164 valence electrons. The first-order valence-corrected chi connectivity index (χ1v) is 12.1. The number of rotatable bonds is 7. The number of benzene rings is 2. The number of carbonyl (C=O) groups is 2. The highest BCUT2D eigenvalue weighted by Gasteiger charge is 2.37. The zero-order valence-corrected chi connectivity index (χ0v) is 18.7. The number of fused-ring (bicyclic) bond motifs is 1. The van der Waals surface area contributed by atoms with Gasteiger partial charge in [-0.05, 0) is 78.9 Å². The standard InChI is InChI=1S/C26H27N3O2S/c30-25(27-19-10-12-20(13-11-19)28-26(31)24-9-4-16-32-24)17-29(21-14-15-21)23-8-3-6-18-5-1-2-7-22(18)23/h1-2,4-5,7,9-13,16,21,23H,3,6,8,14-15,17H2,(H,27,30)(H,28,31). The Hall–Kier alpha value is -2.96. The topological polar surface area (TPSA) is 61.4 Å². The average Bonchev–Trinajstić information content (AvgIpc) is 3.50. The van der Waals surface area contributed by atoms with Crippen molar-refractivity contribution < 1.29 is 9.59 Å². The lowest BCUT2D eigenvalue weighted by Gasteiger charge is -2.35. The van der Waals surface area contributed by atoms with Crippen LogP contribution < -0.4 is 10.6 Å². The molecule has 2 N–H and O–H groups in total. The zero-order chi connectivity index (χ0) is 21.9. The van der Waals surface area contributed by atoms with Gasteiger partial charge in [-0.25, -0.2) is 0 Å². The predicted octanol–water partition coefficient (Wildman–Crippen LogP) is 5.48. The lowest BCUT2D eigenvalue weighted by molar-refractivity contribution is -0.118. The molecule has 1 unspecified atom stereocenters. The Morgan fingerprint density at radius 1 is 0.906 bits per heavy atom. The van der Waals surface area contributed by atoms with Gasteiger partial charge in [-0.15, -0.1) is 11.3 Å². The van der Waals surface area contributed by atoms with E-state index in [1.54, 1.807) is 6.07 Å². The fraction of sp³-hybridized carbons (Fsp3) is 0.308. The molecule has 1 heterocycles. The fourth-order valence-electron chi connectivity index (χ4n) is 4.58. The van der Waals surface area contributed by atoms with E-state index in [1.165, 1.54) is 41.7 Å². The van der Waals surface area contributed by atoms with Crippen LogP contribution in [0.5, 0.6) is 0 Å². The minimum absolute atomic E-state index is 0.00956. The summed E-state index contributed by atoms with van der Waals surface area (Å²) in [6.07, 6.45) is 5.76. The number of nitrogens with one attached hydrogen (secondary N) is 2. The molecule has 1 fully saturated rings. The monoisotopic (exact) mass is 445 g/mol. The van der Waals surface area contributed by atoms with E-state index in [-0.39, 0.29) is 11.8 Å². The second kappa shape index (κ2) is 9.27. The third-order valence-corrected chi connectivity index (χ3v) is 7.12. The Bertz CT molecular complexity index is 1090. The van der Waals surface area contributed by atoms with Crippen LogP contribution in [0, 0.1) is 0 Å². The molecule has 1 atom stereocenters. The van der Waals surface area contributed by atoms with E-state index in [2.05, 4.69) is 39.8 Å². The average molecular weight is 446 g/mol. The van der Waals surface area contributed by atoms with Gasteiger partial charge in [-0.1, -0.05) is 30.3 Å². The van der Waals surface area contributed by atoms with Crippen LogP contribution in [0.3, 0.4) is 0 Å². The summed E-state index contributed by atoms with van der Waals surface area (Å²) in [5.41, 5.74) is 4.27. The number of anilines is 2. The summed E-state index contributed by atoms with van der Waals surface area (Å²) >= 11 is 1.41. The molecule has 1 saturated carbocycles. The van der Waals surface area contributed by atoms with Gasteiger partial charge >= 0.3 is 0 Å². The normalized spacial score (nSPS) is 17.6. The lowest BCUT2D eigenvalue weighted by atomic mass is 9.86. The summed E-state index contributed by atoms with van der Waals surface area (Å²) in [5.74, 6) is -0.111. The molecule has 0 spiro atoms. The molecular weight excluding hydrogens is 418 g/mol. The van der Waals surface area contributed by atoms with Crippen LogP contribution in [-0.4, -0.2) is 29.3 Å². The van der Waals surface area contributed by atoms with Gasteiger partial charge in [-0.3, -0.25) is 14.5 Å². The number of carbonyl (C=O) groups excluding carboxylic acids is 2. The number of hydrogen-bond acceptors (Lipinski definition) is 4. The van der Waals surface area contributed by atoms with E-state index in [0.717, 1.165) is 18.5 Å². The maximum Gasteiger partial charge on any atom is 0.265 e. The molecule has 1 aromatic heterocycles. The smallest absolute Gasteiger partial charge is 0.265 e. The zero-order valence-electron chi connectivity index (χ0n) is 17.9. The highest BCUT2D eigenvalue weighted by Crippen LogP contribution is 2.40. The van der Waals surface area contributed by atoms with Crippen LogP contribution in [0.15, 0.2) is 66.0 Å². The van der Waals surface area contributed by atoms with E-state index in [9.17, 15) is 9.59 Å². The number of nitrogens with zero attached hydrogens (tertiary/aromatic N) is 1. The maximum absolute atomic E-state index is 12.9. The number of hydrogen-bond donors (Lipinski definition) is 2. The van der Waals surface area contributed by atoms with Crippen molar-refractivity contribution in [2.45, 2.75) is 44.2 Å². The van der Waals surface area contributed by atoms with Crippen molar-refractivity contribution in [2.75, 3.05) is 17.2 Å². The van der Waals surface area contributed by atoms with Crippen molar-refractivity contribution in [1.29, 1.82) is 0 Å². The maximum atomic E-state index is 12.9. The van der Waals surface area contributed by atoms with Gasteiger partial charge in [0.05, 0.1) is 11.4 Å². The Balaban J connectivity index is 1.22. The van der Waals surface area contributed by atoms with Gasteiger partial charge in [-0.2, -0.15) is 0 Å². The Morgan fingerprint density at radius 3 is 2.38 bits per heavy atom. The highest BCUT2D eigenvalue weighted by atomic mass is 32.1. The summed E-state index contributed by atoms with van der Waals surface area (Å²) in [6.45, 7) is 0.403. The van der Waals surface area contributed by atoms with Crippen molar-refractivity contribution in [1.82, 2.24) is 4.90 Å². The van der Waals surface area contributed by atoms with E-state index in [1.807, 2.05) is 35.7 Å². The molecule has 0 saturated heterocycles. The fourth-order valence-corrected chi connectivity index (χ4v) is 5.20. The first kappa shape index (κ1) is 20.9. The molecule has 3 aromatic rings. The molecule has 2 aliphatic carbocycles. The van der Waals surface area contributed by atoms with Crippen molar-refractivity contribution in [2.24, 2.45) is 0 Å². The summed E-state index contributed by atoms with van der Waals surface area (Å²) < 4.78 is 0. The molecule has 5 nitrogen and oxygen atoms in total. The minimum atomic E-state index is -0.121. The molecule has 2 aliphatic rings. The summed E-state index contributed by atoms with van der Waals surface area (Å²) in [5, 5.41) is 7.80. The predicted molar refractivity (Wildman–Crippen MR) is 129 cm³/mol. The van der Waals surface area contributed by atoms with E-state index in [0.29, 0.717) is 29.2 Å². The quantitative estimate of drug-likeness (QED) is 0.506. The van der Waals surface area contributed by atoms with E-state index >= 15 is 0 Å². The number of aryl methyl sites for hydroxylation is 1. The molecule has 2 amide bonds. The van der Waals surface area contributed by atoms with Crippen molar-refractivity contribution in [3.05, 3.63) is 82.0 Å². The Labute approximate surface area is 192 Å². The summed E-state index contributed by atoms with van der Waals surface area (Å²) in [7, 11) is 0. The molecule has 6 heteroatoms. The van der Waals surface area contributed by atoms with Crippen molar-refractivity contribution >= 4 is 34.5 Å². The van der Waals surface area contributed by atoms with Gasteiger partial charge in [0.15, 0.2) is 0 Å². The largest absolute Gasteiger partial charge is 0.325 e. The van der Waals surface area contributed by atoms with Crippen LogP contribution in [0.2, 0.25) is 0 Å². The van der Waals surface area contributed by atoms with Gasteiger partial charge < -0.3 is 10.6 Å². The SMILES string of the molecule is O=C(CN(C1CC1)C1CCCc2ccccc21)Nc1ccc(NC(=O)c2cccs2)cc1. The van der Waals surface area contributed by atoms with Crippen LogP contribution in [-0.2, 0) is 11.2 Å². The van der Waals surface area contributed by atoms with Crippen LogP contribution in [0.25, 0.3) is 0 Å². The van der Waals surface area contributed by atoms with Crippen LogP contribution in [0.4, 0.5) is 11.4 Å². The second-order valence-corrected chi connectivity index (χ2v) is 9.51. The van der Waals surface area contributed by atoms with Crippen molar-refractivity contribution in [3.63, 3.8) is 0 Å². The third-order valence-electron chi connectivity index (χ3n) is 6.25. The van der Waals surface area contributed by atoms with Gasteiger partial charge in [0.2, 0.25) is 5.91 Å². The number of thiophene rings is 1. The van der Waals surface area contributed by atoms with Crippen LogP contribution >= 0.6 is 11.3 Å². The molecular formula is C26H27N3O2S. The molecule has 0 bridgehead atoms. The second-order valence-electron chi connectivity index (χ2n) is 8.57. The van der Waals surface area contributed by atoms with Gasteiger partial charge in [0, 0.05) is 23.5 Å². The first-order chi connectivity index (χ1) is 15.7. The van der Waals surface area contributed by atoms with E-state index in [4.69, 9.17) is 0 Å². The van der Waals surface area contributed by atoms with Gasteiger partial charge in [0.1, 0.15) is 0 Å².